The summed E-state index contributed by atoms with van der Waals surface area (Å²) in [5.41, 5.74) is 2.81. The number of aromatic nitrogens is 1. The summed E-state index contributed by atoms with van der Waals surface area (Å²) >= 11 is 1.56. The van der Waals surface area contributed by atoms with E-state index in [-0.39, 0.29) is 17.7 Å². The lowest BCUT2D eigenvalue weighted by molar-refractivity contribution is 0.0997. The maximum atomic E-state index is 12.8. The SMILES string of the molecule is CCc1cc([C@@H](Nc2cccc(C)n2)c2ccccc2OC)c(NC(=O)c2ccco2)s1. The van der Waals surface area contributed by atoms with E-state index in [0.29, 0.717) is 0 Å². The number of thiophene rings is 1. The van der Waals surface area contributed by atoms with Gasteiger partial charge in [0.05, 0.1) is 19.4 Å². The third kappa shape index (κ3) is 4.68. The molecule has 0 aliphatic carbocycles. The topological polar surface area (TPSA) is 76.4 Å². The number of nitrogens with one attached hydrogen (secondary N) is 2. The van der Waals surface area contributed by atoms with Gasteiger partial charge in [-0.1, -0.05) is 31.2 Å². The normalized spacial score (nSPS) is 11.7. The largest absolute Gasteiger partial charge is 0.496 e. The molecule has 0 fully saturated rings. The predicted octanol–water partition coefficient (Wildman–Crippen LogP) is 6.07. The molecule has 0 unspecified atom stereocenters. The van der Waals surface area contributed by atoms with Crippen LogP contribution in [0, 0.1) is 6.92 Å². The number of nitrogens with zero attached hydrogens (tertiary/aromatic N) is 1. The van der Waals surface area contributed by atoms with Crippen molar-refractivity contribution in [2.75, 3.05) is 17.7 Å². The number of hydrogen-bond donors (Lipinski definition) is 2. The highest BCUT2D eigenvalue weighted by molar-refractivity contribution is 7.16. The molecule has 0 radical (unpaired) electrons. The van der Waals surface area contributed by atoms with E-state index in [1.165, 1.54) is 6.26 Å². The molecule has 0 saturated carbocycles. The minimum absolute atomic E-state index is 0.268. The molecule has 3 heterocycles. The number of hydrogen-bond acceptors (Lipinski definition) is 6. The Labute approximate surface area is 191 Å². The molecule has 0 saturated heterocycles. The van der Waals surface area contributed by atoms with Crippen molar-refractivity contribution in [2.45, 2.75) is 26.3 Å². The summed E-state index contributed by atoms with van der Waals surface area (Å²) in [5.74, 6) is 1.48. The second-order valence-electron chi connectivity index (χ2n) is 7.27. The zero-order valence-corrected chi connectivity index (χ0v) is 19.0. The maximum Gasteiger partial charge on any atom is 0.291 e. The third-order valence-corrected chi connectivity index (χ3v) is 6.28. The first kappa shape index (κ1) is 21.6. The number of pyridine rings is 1. The van der Waals surface area contributed by atoms with Crippen LogP contribution < -0.4 is 15.4 Å². The molecule has 0 aliphatic rings. The van der Waals surface area contributed by atoms with Crippen molar-refractivity contribution < 1.29 is 13.9 Å². The van der Waals surface area contributed by atoms with Crippen molar-refractivity contribution in [3.8, 4) is 5.75 Å². The fraction of sp³-hybridized carbons (Fsp3) is 0.200. The van der Waals surface area contributed by atoms with Crippen LogP contribution in [0.25, 0.3) is 0 Å². The fourth-order valence-corrected chi connectivity index (χ4v) is 4.55. The van der Waals surface area contributed by atoms with Crippen molar-refractivity contribution >= 4 is 28.1 Å². The molecule has 6 nitrogen and oxygen atoms in total. The van der Waals surface area contributed by atoms with Gasteiger partial charge in [0.15, 0.2) is 5.76 Å². The number of benzene rings is 1. The van der Waals surface area contributed by atoms with Gasteiger partial charge in [-0.3, -0.25) is 4.79 Å². The first-order valence-corrected chi connectivity index (χ1v) is 11.2. The number of carbonyl (C=O) groups excluding carboxylic acids is 1. The van der Waals surface area contributed by atoms with Crippen LogP contribution in [0.2, 0.25) is 0 Å². The van der Waals surface area contributed by atoms with Crippen molar-refractivity contribution in [1.82, 2.24) is 4.98 Å². The van der Waals surface area contributed by atoms with Gasteiger partial charge >= 0.3 is 0 Å². The second kappa shape index (κ2) is 9.70. The van der Waals surface area contributed by atoms with Gasteiger partial charge in [-0.15, -0.1) is 11.3 Å². The first-order chi connectivity index (χ1) is 15.6. The molecule has 0 spiro atoms. The van der Waals surface area contributed by atoms with Crippen LogP contribution in [0.1, 0.15) is 45.2 Å². The Morgan fingerprint density at radius 3 is 2.69 bits per heavy atom. The van der Waals surface area contributed by atoms with E-state index in [0.717, 1.165) is 44.7 Å². The molecule has 1 atom stereocenters. The minimum Gasteiger partial charge on any atom is -0.496 e. The molecular formula is C25H25N3O3S. The first-order valence-electron chi connectivity index (χ1n) is 10.4. The van der Waals surface area contributed by atoms with Gasteiger partial charge < -0.3 is 19.8 Å². The number of anilines is 2. The van der Waals surface area contributed by atoms with E-state index < -0.39 is 0 Å². The quantitative estimate of drug-likeness (QED) is 0.343. The molecule has 4 rings (SSSR count). The van der Waals surface area contributed by atoms with Crippen molar-refractivity contribution in [3.63, 3.8) is 0 Å². The van der Waals surface area contributed by atoms with Gasteiger partial charge in [-0.2, -0.15) is 0 Å². The standard InChI is InChI=1S/C25H25N3O3S/c1-4-17-15-19(25(32-17)28-24(29)21-12-8-14-31-21)23(18-10-5-6-11-20(18)30-3)27-22-13-7-9-16(2)26-22/h5-15,23H,4H2,1-3H3,(H,26,27)(H,28,29)/t23-/m0/s1. The Balaban J connectivity index is 1.79. The monoisotopic (exact) mass is 447 g/mol. The van der Waals surface area contributed by atoms with E-state index >= 15 is 0 Å². The Hall–Kier alpha value is -3.58. The van der Waals surface area contributed by atoms with Crippen LogP contribution in [-0.2, 0) is 6.42 Å². The lowest BCUT2D eigenvalue weighted by Crippen LogP contribution is -2.17. The Morgan fingerprint density at radius 1 is 1.12 bits per heavy atom. The van der Waals surface area contributed by atoms with Crippen LogP contribution in [-0.4, -0.2) is 18.0 Å². The second-order valence-corrected chi connectivity index (χ2v) is 8.40. The van der Waals surface area contributed by atoms with Crippen LogP contribution in [0.5, 0.6) is 5.75 Å². The van der Waals surface area contributed by atoms with Crippen molar-refractivity contribution in [2.24, 2.45) is 0 Å². The summed E-state index contributed by atoms with van der Waals surface area (Å²) in [7, 11) is 1.66. The molecule has 1 amide bonds. The van der Waals surface area contributed by atoms with Crippen LogP contribution >= 0.6 is 11.3 Å². The average molecular weight is 448 g/mol. The molecule has 0 bridgehead atoms. The highest BCUT2D eigenvalue weighted by Crippen LogP contribution is 2.40. The molecule has 0 aliphatic heterocycles. The maximum absolute atomic E-state index is 12.8. The summed E-state index contributed by atoms with van der Waals surface area (Å²) in [4.78, 5) is 18.5. The number of amides is 1. The Morgan fingerprint density at radius 2 is 1.97 bits per heavy atom. The number of rotatable bonds is 8. The summed E-state index contributed by atoms with van der Waals surface area (Å²) in [5, 5.41) is 7.35. The molecule has 4 aromatic rings. The highest BCUT2D eigenvalue weighted by atomic mass is 32.1. The highest BCUT2D eigenvalue weighted by Gasteiger charge is 2.25. The minimum atomic E-state index is -0.288. The molecule has 2 N–H and O–H groups in total. The molecule has 7 heteroatoms. The van der Waals surface area contributed by atoms with Gasteiger partial charge in [-0.05, 0) is 49.7 Å². The third-order valence-electron chi connectivity index (χ3n) is 5.07. The van der Waals surface area contributed by atoms with Crippen LogP contribution in [0.3, 0.4) is 0 Å². The van der Waals surface area contributed by atoms with Gasteiger partial charge in [0.2, 0.25) is 0 Å². The zero-order chi connectivity index (χ0) is 22.5. The smallest absolute Gasteiger partial charge is 0.291 e. The summed E-state index contributed by atoms with van der Waals surface area (Å²) in [6, 6.07) is 18.9. The zero-order valence-electron chi connectivity index (χ0n) is 18.2. The number of furan rings is 1. The van der Waals surface area contributed by atoms with Crippen molar-refractivity contribution in [1.29, 1.82) is 0 Å². The number of ether oxygens (including phenoxy) is 1. The summed E-state index contributed by atoms with van der Waals surface area (Å²) in [6.07, 6.45) is 2.35. The Bertz CT molecular complexity index is 1200. The van der Waals surface area contributed by atoms with Gasteiger partial charge in [0, 0.05) is 21.7 Å². The summed E-state index contributed by atoms with van der Waals surface area (Å²) < 4.78 is 10.9. The number of aryl methyl sites for hydroxylation is 2. The van der Waals surface area contributed by atoms with Crippen LogP contribution in [0.15, 0.2) is 71.3 Å². The van der Waals surface area contributed by atoms with Crippen molar-refractivity contribution in [3.05, 3.63) is 94.4 Å². The van der Waals surface area contributed by atoms with Gasteiger partial charge in [0.25, 0.3) is 5.91 Å². The molecule has 3 aromatic heterocycles. The molecule has 164 valence electrons. The number of methoxy groups -OCH3 is 1. The van der Waals surface area contributed by atoms with Crippen LogP contribution in [0.4, 0.5) is 10.8 Å². The lowest BCUT2D eigenvalue weighted by Gasteiger charge is -2.23. The van der Waals surface area contributed by atoms with E-state index in [1.54, 1.807) is 30.6 Å². The van der Waals surface area contributed by atoms with E-state index in [2.05, 4.69) is 28.6 Å². The molecular weight excluding hydrogens is 422 g/mol. The summed E-state index contributed by atoms with van der Waals surface area (Å²) in [6.45, 7) is 4.06. The number of carbonyl (C=O) groups is 1. The fourth-order valence-electron chi connectivity index (χ4n) is 3.52. The van der Waals surface area contributed by atoms with E-state index in [1.807, 2.05) is 49.4 Å². The lowest BCUT2D eigenvalue weighted by atomic mass is 9.98. The number of para-hydroxylation sites is 1. The predicted molar refractivity (Wildman–Crippen MR) is 128 cm³/mol. The average Bonchev–Trinajstić information content (AvgIpc) is 3.48. The van der Waals surface area contributed by atoms with Gasteiger partial charge in [-0.25, -0.2) is 4.98 Å². The van der Waals surface area contributed by atoms with E-state index in [4.69, 9.17) is 9.15 Å². The molecule has 1 aromatic carbocycles. The Kier molecular flexibility index (Phi) is 6.56. The molecule has 32 heavy (non-hydrogen) atoms. The van der Waals surface area contributed by atoms with E-state index in [9.17, 15) is 4.79 Å². The van der Waals surface area contributed by atoms with Gasteiger partial charge in [0.1, 0.15) is 16.6 Å².